The lowest BCUT2D eigenvalue weighted by molar-refractivity contribution is -0.384. The lowest BCUT2D eigenvalue weighted by atomic mass is 10.1. The molecular formula is C23H15ClFNO5S. The van der Waals surface area contributed by atoms with Crippen LogP contribution >= 0.6 is 23.4 Å². The van der Waals surface area contributed by atoms with Gasteiger partial charge in [-0.05, 0) is 47.5 Å². The van der Waals surface area contributed by atoms with Crippen LogP contribution in [0.5, 0.6) is 0 Å². The maximum absolute atomic E-state index is 13.2. The van der Waals surface area contributed by atoms with Gasteiger partial charge in [0.1, 0.15) is 10.8 Å². The zero-order valence-electron chi connectivity index (χ0n) is 16.3. The average Bonchev–Trinajstić information content (AvgIpc) is 2.78. The summed E-state index contributed by atoms with van der Waals surface area (Å²) >= 11 is 7.04. The number of nitrogens with zero attached hydrogens (tertiary/aromatic N) is 1. The van der Waals surface area contributed by atoms with E-state index in [1.165, 1.54) is 66.4 Å². The van der Waals surface area contributed by atoms with Gasteiger partial charge in [-0.25, -0.2) is 9.18 Å². The molecule has 0 spiro atoms. The SMILES string of the molecule is O=C(O)c1ccc(C(=O)/C(=C\c2ccc(Cl)c([N+](=O)[O-])c2)SCc2ccc(F)cc2)cc1. The van der Waals surface area contributed by atoms with Crippen LogP contribution in [0.4, 0.5) is 10.1 Å². The van der Waals surface area contributed by atoms with Crippen molar-refractivity contribution in [2.75, 3.05) is 0 Å². The quantitative estimate of drug-likeness (QED) is 0.181. The topological polar surface area (TPSA) is 97.5 Å². The molecule has 0 aliphatic carbocycles. The lowest BCUT2D eigenvalue weighted by Crippen LogP contribution is -2.03. The molecule has 32 heavy (non-hydrogen) atoms. The number of ketones is 1. The van der Waals surface area contributed by atoms with Gasteiger partial charge in [-0.15, -0.1) is 11.8 Å². The number of carboxylic acids is 1. The van der Waals surface area contributed by atoms with E-state index in [4.69, 9.17) is 16.7 Å². The molecule has 0 heterocycles. The van der Waals surface area contributed by atoms with Gasteiger partial charge in [-0.2, -0.15) is 0 Å². The summed E-state index contributed by atoms with van der Waals surface area (Å²) in [5.41, 5.74) is 1.19. The van der Waals surface area contributed by atoms with Gasteiger partial charge in [0, 0.05) is 17.4 Å². The first-order valence-corrected chi connectivity index (χ1v) is 10.5. The summed E-state index contributed by atoms with van der Waals surface area (Å²) in [7, 11) is 0. The Morgan fingerprint density at radius 3 is 2.25 bits per heavy atom. The molecule has 1 N–H and O–H groups in total. The van der Waals surface area contributed by atoms with Crippen molar-refractivity contribution in [1.82, 2.24) is 0 Å². The first kappa shape index (κ1) is 23.2. The number of rotatable bonds is 8. The van der Waals surface area contributed by atoms with E-state index in [1.54, 1.807) is 18.2 Å². The number of allylic oxidation sites excluding steroid dienone is 1. The summed E-state index contributed by atoms with van der Waals surface area (Å²) in [5.74, 6) is -1.52. The Bertz CT molecular complexity index is 1210. The smallest absolute Gasteiger partial charge is 0.335 e. The molecule has 0 aliphatic heterocycles. The minimum absolute atomic E-state index is 0.0248. The van der Waals surface area contributed by atoms with Crippen LogP contribution in [0.3, 0.4) is 0 Å². The molecule has 0 atom stereocenters. The number of nitro benzene ring substituents is 1. The van der Waals surface area contributed by atoms with Gasteiger partial charge < -0.3 is 5.11 Å². The monoisotopic (exact) mass is 471 g/mol. The summed E-state index contributed by atoms with van der Waals surface area (Å²) in [6.45, 7) is 0. The van der Waals surface area contributed by atoms with E-state index >= 15 is 0 Å². The Kier molecular flexibility index (Phi) is 7.40. The molecule has 0 unspecified atom stereocenters. The molecule has 6 nitrogen and oxygen atoms in total. The van der Waals surface area contributed by atoms with Gasteiger partial charge in [-0.3, -0.25) is 14.9 Å². The summed E-state index contributed by atoms with van der Waals surface area (Å²) in [4.78, 5) is 35.0. The maximum atomic E-state index is 13.2. The molecule has 0 amide bonds. The first-order chi connectivity index (χ1) is 15.2. The minimum Gasteiger partial charge on any atom is -0.478 e. The van der Waals surface area contributed by atoms with Crippen molar-refractivity contribution in [2.45, 2.75) is 5.75 Å². The van der Waals surface area contributed by atoms with Gasteiger partial charge in [-0.1, -0.05) is 41.9 Å². The van der Waals surface area contributed by atoms with Crippen molar-refractivity contribution < 1.29 is 24.0 Å². The Labute approximate surface area is 191 Å². The number of benzene rings is 3. The minimum atomic E-state index is -1.11. The average molecular weight is 472 g/mol. The highest BCUT2D eigenvalue weighted by atomic mass is 35.5. The third kappa shape index (κ3) is 5.81. The zero-order valence-corrected chi connectivity index (χ0v) is 17.9. The van der Waals surface area contributed by atoms with Crippen molar-refractivity contribution >= 4 is 46.9 Å². The highest BCUT2D eigenvalue weighted by Gasteiger charge is 2.17. The zero-order chi connectivity index (χ0) is 23.3. The molecule has 0 aliphatic rings. The second-order valence-electron chi connectivity index (χ2n) is 6.60. The molecular weight excluding hydrogens is 457 g/mol. The molecule has 9 heteroatoms. The predicted octanol–water partition coefficient (Wildman–Crippen LogP) is 6.24. The summed E-state index contributed by atoms with van der Waals surface area (Å²) in [6.07, 6.45) is 1.50. The second-order valence-corrected chi connectivity index (χ2v) is 8.03. The Morgan fingerprint density at radius 2 is 1.66 bits per heavy atom. The van der Waals surface area contributed by atoms with Gasteiger partial charge in [0.15, 0.2) is 5.78 Å². The first-order valence-electron chi connectivity index (χ1n) is 9.15. The van der Waals surface area contributed by atoms with Crippen LogP contribution < -0.4 is 0 Å². The van der Waals surface area contributed by atoms with Gasteiger partial charge in [0.05, 0.1) is 15.4 Å². The summed E-state index contributed by atoms with van der Waals surface area (Å²) in [5, 5.41) is 20.2. The van der Waals surface area contributed by atoms with E-state index in [9.17, 15) is 24.1 Å². The van der Waals surface area contributed by atoms with Crippen molar-refractivity contribution in [1.29, 1.82) is 0 Å². The van der Waals surface area contributed by atoms with Crippen molar-refractivity contribution in [2.24, 2.45) is 0 Å². The molecule has 0 radical (unpaired) electrons. The van der Waals surface area contributed by atoms with Crippen LogP contribution in [-0.2, 0) is 5.75 Å². The number of halogens is 2. The van der Waals surface area contributed by atoms with Crippen molar-refractivity contribution in [3.05, 3.63) is 115 Å². The number of carbonyl (C=O) groups is 2. The normalized spacial score (nSPS) is 11.2. The molecule has 0 saturated carbocycles. The van der Waals surface area contributed by atoms with Crippen LogP contribution in [-0.4, -0.2) is 21.8 Å². The number of hydrogen-bond donors (Lipinski definition) is 1. The molecule has 3 rings (SSSR count). The standard InChI is InChI=1S/C23H15ClFNO5S/c24-19-10-3-15(11-20(19)26(30)31)12-21(32-13-14-1-8-18(25)9-2-14)22(27)16-4-6-17(7-5-16)23(28)29/h1-12H,13H2,(H,28,29)/b21-12+. The van der Waals surface area contributed by atoms with Gasteiger partial charge >= 0.3 is 5.97 Å². The van der Waals surface area contributed by atoms with E-state index < -0.39 is 10.9 Å². The van der Waals surface area contributed by atoms with Gasteiger partial charge in [0.25, 0.3) is 5.69 Å². The third-order valence-electron chi connectivity index (χ3n) is 4.39. The fourth-order valence-electron chi connectivity index (χ4n) is 2.73. The number of Topliss-reactive ketones (excluding diaryl/α,β-unsaturated/α-hetero) is 1. The van der Waals surface area contributed by atoms with E-state index in [0.29, 0.717) is 11.3 Å². The van der Waals surface area contributed by atoms with Crippen LogP contribution in [0.15, 0.2) is 71.6 Å². The van der Waals surface area contributed by atoms with Crippen LogP contribution in [0.2, 0.25) is 5.02 Å². The fraction of sp³-hybridized carbons (Fsp3) is 0.0435. The van der Waals surface area contributed by atoms with Gasteiger partial charge in [0.2, 0.25) is 0 Å². The number of carboxylic acid groups (broad SMARTS) is 1. The molecule has 3 aromatic carbocycles. The molecule has 0 aromatic heterocycles. The van der Waals surface area contributed by atoms with E-state index in [1.807, 2.05) is 0 Å². The molecule has 162 valence electrons. The number of aromatic carboxylic acids is 1. The van der Waals surface area contributed by atoms with Crippen LogP contribution in [0.1, 0.15) is 31.8 Å². The largest absolute Gasteiger partial charge is 0.478 e. The van der Waals surface area contributed by atoms with E-state index in [-0.39, 0.29) is 38.3 Å². The van der Waals surface area contributed by atoms with E-state index in [0.717, 1.165) is 5.56 Å². The molecule has 0 saturated heterocycles. The third-order valence-corrected chi connectivity index (χ3v) is 5.80. The maximum Gasteiger partial charge on any atom is 0.335 e. The Morgan fingerprint density at radius 1 is 1.03 bits per heavy atom. The van der Waals surface area contributed by atoms with E-state index in [2.05, 4.69) is 0 Å². The Hall–Kier alpha value is -3.49. The number of thioether (sulfide) groups is 1. The Balaban J connectivity index is 1.96. The highest BCUT2D eigenvalue weighted by Crippen LogP contribution is 2.30. The fourth-order valence-corrected chi connectivity index (χ4v) is 3.90. The predicted molar refractivity (Wildman–Crippen MR) is 122 cm³/mol. The van der Waals surface area contributed by atoms with Crippen LogP contribution in [0, 0.1) is 15.9 Å². The number of hydrogen-bond acceptors (Lipinski definition) is 5. The summed E-state index contributed by atoms with van der Waals surface area (Å²) in [6, 6.07) is 15.5. The lowest BCUT2D eigenvalue weighted by Gasteiger charge is -2.08. The number of nitro groups is 1. The molecule has 0 fully saturated rings. The summed E-state index contributed by atoms with van der Waals surface area (Å²) < 4.78 is 13.2. The molecule has 0 bridgehead atoms. The second kappa shape index (κ2) is 10.2. The molecule has 3 aromatic rings. The van der Waals surface area contributed by atoms with Crippen LogP contribution in [0.25, 0.3) is 6.08 Å². The van der Waals surface area contributed by atoms with Crippen molar-refractivity contribution in [3.63, 3.8) is 0 Å². The van der Waals surface area contributed by atoms with Crippen molar-refractivity contribution in [3.8, 4) is 0 Å². The number of carbonyl (C=O) groups excluding carboxylic acids is 1. The highest BCUT2D eigenvalue weighted by molar-refractivity contribution is 8.03.